The van der Waals surface area contributed by atoms with Crippen molar-refractivity contribution in [1.82, 2.24) is 19.5 Å². The number of aromatic nitrogens is 4. The summed E-state index contributed by atoms with van der Waals surface area (Å²) in [6.45, 7) is 2.15. The van der Waals surface area contributed by atoms with Crippen molar-refractivity contribution in [1.29, 1.82) is 5.26 Å². The smallest absolute Gasteiger partial charge is 0.116 e. The van der Waals surface area contributed by atoms with Gasteiger partial charge in [0.2, 0.25) is 0 Å². The van der Waals surface area contributed by atoms with E-state index in [1.165, 1.54) is 5.56 Å². The van der Waals surface area contributed by atoms with Crippen LogP contribution in [-0.2, 0) is 6.42 Å². The molecule has 4 aromatic rings. The first-order valence-electron chi connectivity index (χ1n) is 8.47. The lowest BCUT2D eigenvalue weighted by Crippen LogP contribution is -2.11. The van der Waals surface area contributed by atoms with E-state index >= 15 is 0 Å². The van der Waals surface area contributed by atoms with Crippen molar-refractivity contribution < 1.29 is 0 Å². The van der Waals surface area contributed by atoms with Crippen molar-refractivity contribution in [2.24, 2.45) is 0 Å². The van der Waals surface area contributed by atoms with Crippen molar-refractivity contribution in [2.75, 3.05) is 0 Å². The summed E-state index contributed by atoms with van der Waals surface area (Å²) < 4.78 is 2.19. The van der Waals surface area contributed by atoms with Gasteiger partial charge in [-0.1, -0.05) is 30.3 Å². The van der Waals surface area contributed by atoms with Gasteiger partial charge in [-0.05, 0) is 30.7 Å². The van der Waals surface area contributed by atoms with Crippen LogP contribution in [0.3, 0.4) is 0 Å². The normalized spacial score (nSPS) is 12.0. The topological polar surface area (TPSA) is 67.4 Å². The fourth-order valence-electron chi connectivity index (χ4n) is 3.23. The molecule has 0 aliphatic heterocycles. The van der Waals surface area contributed by atoms with Crippen molar-refractivity contribution in [3.63, 3.8) is 0 Å². The number of imidazole rings is 1. The molecule has 126 valence electrons. The van der Waals surface area contributed by atoms with Gasteiger partial charge in [0.05, 0.1) is 34.4 Å². The van der Waals surface area contributed by atoms with E-state index in [0.29, 0.717) is 12.0 Å². The number of fused-ring (bicyclic) bond motifs is 1. The van der Waals surface area contributed by atoms with E-state index in [1.54, 1.807) is 24.7 Å². The summed E-state index contributed by atoms with van der Waals surface area (Å²) in [6, 6.07) is 18.2. The average Bonchev–Trinajstić information content (AvgIpc) is 3.05. The molecule has 0 amide bonds. The fourth-order valence-corrected chi connectivity index (χ4v) is 3.23. The van der Waals surface area contributed by atoms with Gasteiger partial charge in [0.1, 0.15) is 5.82 Å². The SMILES string of the molecule is C[C@@H](c1ccccc1)n1c(Cc2cnccn2)nc2ccc(C#N)cc21. The van der Waals surface area contributed by atoms with Gasteiger partial charge < -0.3 is 4.57 Å². The van der Waals surface area contributed by atoms with Crippen LogP contribution >= 0.6 is 0 Å². The summed E-state index contributed by atoms with van der Waals surface area (Å²) in [4.78, 5) is 13.4. The molecule has 0 N–H and O–H groups in total. The molecule has 0 saturated carbocycles. The predicted molar refractivity (Wildman–Crippen MR) is 99.5 cm³/mol. The molecule has 0 unspecified atom stereocenters. The van der Waals surface area contributed by atoms with Gasteiger partial charge in [0.15, 0.2) is 0 Å². The molecule has 0 aliphatic carbocycles. The molecule has 1 atom stereocenters. The molecule has 0 spiro atoms. The van der Waals surface area contributed by atoms with Crippen LogP contribution in [0.25, 0.3) is 11.0 Å². The van der Waals surface area contributed by atoms with Crippen LogP contribution in [0.15, 0.2) is 67.1 Å². The summed E-state index contributed by atoms with van der Waals surface area (Å²) in [7, 11) is 0. The number of hydrogen-bond acceptors (Lipinski definition) is 4. The van der Waals surface area contributed by atoms with Crippen LogP contribution in [0.4, 0.5) is 0 Å². The minimum absolute atomic E-state index is 0.0850. The molecule has 0 aliphatic rings. The van der Waals surface area contributed by atoms with Crippen molar-refractivity contribution in [2.45, 2.75) is 19.4 Å². The standard InChI is InChI=1S/C21H17N5/c1-15(17-5-3-2-4-6-17)26-20-11-16(13-22)7-8-19(20)25-21(26)12-18-14-23-9-10-24-18/h2-11,14-15H,12H2,1H3/t15-/m0/s1. The predicted octanol–water partition coefficient (Wildman–Crippen LogP) is 3.90. The number of hydrogen-bond donors (Lipinski definition) is 0. The maximum absolute atomic E-state index is 9.29. The van der Waals surface area contributed by atoms with Crippen LogP contribution in [0.1, 0.15) is 35.6 Å². The number of nitrogens with zero attached hydrogens (tertiary/aromatic N) is 5. The molecule has 0 saturated heterocycles. The summed E-state index contributed by atoms with van der Waals surface area (Å²) >= 11 is 0. The Labute approximate surface area is 151 Å². The summed E-state index contributed by atoms with van der Waals surface area (Å²) in [6.07, 6.45) is 5.70. The van der Waals surface area contributed by atoms with Gasteiger partial charge in [-0.25, -0.2) is 4.98 Å². The van der Waals surface area contributed by atoms with E-state index in [2.05, 4.69) is 39.7 Å². The zero-order valence-electron chi connectivity index (χ0n) is 14.4. The number of nitriles is 1. The lowest BCUT2D eigenvalue weighted by molar-refractivity contribution is 0.625. The Balaban J connectivity index is 1.89. The summed E-state index contributed by atoms with van der Waals surface area (Å²) in [5.74, 6) is 0.909. The third-order valence-corrected chi connectivity index (χ3v) is 4.52. The van der Waals surface area contributed by atoms with E-state index in [1.807, 2.05) is 30.3 Å². The Morgan fingerprint density at radius 3 is 2.69 bits per heavy atom. The molecule has 5 heteroatoms. The molecule has 26 heavy (non-hydrogen) atoms. The van der Waals surface area contributed by atoms with Crippen LogP contribution in [-0.4, -0.2) is 19.5 Å². The highest BCUT2D eigenvalue weighted by molar-refractivity contribution is 5.78. The summed E-state index contributed by atoms with van der Waals surface area (Å²) in [5, 5.41) is 9.29. The molecule has 0 fully saturated rings. The molecule has 4 rings (SSSR count). The van der Waals surface area contributed by atoms with E-state index in [9.17, 15) is 5.26 Å². The highest BCUT2D eigenvalue weighted by Gasteiger charge is 2.18. The minimum Gasteiger partial charge on any atom is -0.320 e. The van der Waals surface area contributed by atoms with Gasteiger partial charge in [0, 0.05) is 25.0 Å². The second-order valence-electron chi connectivity index (χ2n) is 6.17. The quantitative estimate of drug-likeness (QED) is 0.565. The van der Waals surface area contributed by atoms with Crippen molar-refractivity contribution in [3.8, 4) is 6.07 Å². The monoisotopic (exact) mass is 339 g/mol. The average molecular weight is 339 g/mol. The maximum atomic E-state index is 9.29. The third kappa shape index (κ3) is 2.93. The molecule has 0 bridgehead atoms. The van der Waals surface area contributed by atoms with E-state index < -0.39 is 0 Å². The largest absolute Gasteiger partial charge is 0.320 e. The fraction of sp³-hybridized carbons (Fsp3) is 0.143. The first kappa shape index (κ1) is 16.0. The zero-order chi connectivity index (χ0) is 17.9. The molecular weight excluding hydrogens is 322 g/mol. The molecule has 5 nitrogen and oxygen atoms in total. The molecule has 2 aromatic heterocycles. The minimum atomic E-state index is 0.0850. The number of benzene rings is 2. The Morgan fingerprint density at radius 2 is 1.96 bits per heavy atom. The first-order chi connectivity index (χ1) is 12.8. The number of rotatable bonds is 4. The van der Waals surface area contributed by atoms with Crippen molar-refractivity contribution in [3.05, 3.63) is 89.8 Å². The Kier molecular flexibility index (Phi) is 4.16. The Bertz CT molecular complexity index is 1080. The van der Waals surface area contributed by atoms with Crippen LogP contribution in [0, 0.1) is 11.3 Å². The lowest BCUT2D eigenvalue weighted by Gasteiger charge is -2.18. The van der Waals surface area contributed by atoms with Gasteiger partial charge in [-0.2, -0.15) is 5.26 Å². The van der Waals surface area contributed by atoms with E-state index in [-0.39, 0.29) is 6.04 Å². The highest BCUT2D eigenvalue weighted by atomic mass is 15.1. The Morgan fingerprint density at radius 1 is 1.12 bits per heavy atom. The van der Waals surface area contributed by atoms with Gasteiger partial charge in [0.25, 0.3) is 0 Å². The second-order valence-corrected chi connectivity index (χ2v) is 6.17. The molecular formula is C21H17N5. The second kappa shape index (κ2) is 6.77. The van der Waals surface area contributed by atoms with Gasteiger partial charge >= 0.3 is 0 Å². The van der Waals surface area contributed by atoms with E-state index in [0.717, 1.165) is 22.6 Å². The van der Waals surface area contributed by atoms with Crippen LogP contribution in [0.2, 0.25) is 0 Å². The third-order valence-electron chi connectivity index (χ3n) is 4.52. The zero-order valence-corrected chi connectivity index (χ0v) is 14.4. The van der Waals surface area contributed by atoms with Crippen LogP contribution < -0.4 is 0 Å². The first-order valence-corrected chi connectivity index (χ1v) is 8.47. The molecule has 2 aromatic carbocycles. The molecule has 0 radical (unpaired) electrons. The van der Waals surface area contributed by atoms with Gasteiger partial charge in [-0.3, -0.25) is 9.97 Å². The Hall–Kier alpha value is -3.52. The summed E-state index contributed by atoms with van der Waals surface area (Å²) in [5.41, 5.74) is 4.52. The molecule has 2 heterocycles. The lowest BCUT2D eigenvalue weighted by atomic mass is 10.1. The maximum Gasteiger partial charge on any atom is 0.116 e. The van der Waals surface area contributed by atoms with Crippen molar-refractivity contribution >= 4 is 11.0 Å². The van der Waals surface area contributed by atoms with E-state index in [4.69, 9.17) is 4.98 Å². The van der Waals surface area contributed by atoms with Gasteiger partial charge in [-0.15, -0.1) is 0 Å². The highest BCUT2D eigenvalue weighted by Crippen LogP contribution is 2.27. The van der Waals surface area contributed by atoms with Crippen LogP contribution in [0.5, 0.6) is 0 Å².